The molecule has 300 valence electrons. The molecular formula is C40H70NO10P. The maximum atomic E-state index is 12.3. The van der Waals surface area contributed by atoms with E-state index in [0.29, 0.717) is 12.8 Å². The Balaban J connectivity index is 4.01. The molecule has 3 unspecified atom stereocenters. The van der Waals surface area contributed by atoms with Crippen molar-refractivity contribution in [1.29, 1.82) is 0 Å². The molecule has 0 spiro atoms. The smallest absolute Gasteiger partial charge is 0.472 e. The topological polar surface area (TPSA) is 169 Å². The van der Waals surface area contributed by atoms with Gasteiger partial charge in [0, 0.05) is 12.8 Å². The number of unbranched alkanes of at least 4 members (excludes halogenated alkanes) is 14. The first kappa shape index (κ1) is 49.4. The van der Waals surface area contributed by atoms with Crippen LogP contribution in [-0.2, 0) is 32.7 Å². The van der Waals surface area contributed by atoms with Gasteiger partial charge in [-0.25, -0.2) is 9.36 Å². The third kappa shape index (κ3) is 34.5. The summed E-state index contributed by atoms with van der Waals surface area (Å²) >= 11 is 0. The molecule has 0 bridgehead atoms. The number of aliphatic hydroxyl groups is 1. The number of hydrogen-bond donors (Lipinski definition) is 4. The van der Waals surface area contributed by atoms with Crippen molar-refractivity contribution < 1.29 is 47.8 Å². The minimum atomic E-state index is -4.76. The number of nitrogens with one attached hydrogen (secondary N) is 1. The zero-order chi connectivity index (χ0) is 38.5. The van der Waals surface area contributed by atoms with Gasteiger partial charge in [-0.15, -0.1) is 0 Å². The fourth-order valence-corrected chi connectivity index (χ4v) is 5.84. The Morgan fingerprint density at radius 1 is 0.635 bits per heavy atom. The van der Waals surface area contributed by atoms with Gasteiger partial charge in [-0.1, -0.05) is 140 Å². The zero-order valence-corrected chi connectivity index (χ0v) is 33.0. The minimum absolute atomic E-state index is 0.144. The molecule has 52 heavy (non-hydrogen) atoms. The molecule has 0 radical (unpaired) electrons. The Kier molecular flexibility index (Phi) is 33.7. The molecule has 0 aromatic carbocycles. The van der Waals surface area contributed by atoms with E-state index in [9.17, 15) is 34.1 Å². The van der Waals surface area contributed by atoms with Crippen molar-refractivity contribution in [3.8, 4) is 0 Å². The molecule has 0 saturated heterocycles. The minimum Gasteiger partial charge on any atom is -0.480 e. The van der Waals surface area contributed by atoms with Crippen LogP contribution in [0.3, 0.4) is 0 Å². The second kappa shape index (κ2) is 35.5. The van der Waals surface area contributed by atoms with Gasteiger partial charge >= 0.3 is 19.8 Å². The summed E-state index contributed by atoms with van der Waals surface area (Å²) in [4.78, 5) is 45.7. The molecule has 3 atom stereocenters. The number of aliphatic hydroxyl groups excluding tert-OH is 1. The standard InChI is InChI=1S/C40H70NO10P/c1-3-5-7-9-11-13-15-17-18-20-22-24-26-28-30-32-39(44)49-33-36(42)34-50-52(47,48)51-35-37(40(45)46)41-38(43)31-29-27-25-23-21-19-16-14-12-10-8-6-4-2/h5,7,11,13,17-18,22,24,36-37,42H,3-4,6,8-10,12,14-16,19-21,23,25-35H2,1-2H3,(H,41,43)(H,45,46)(H,47,48)/b7-5-,13-11-,18-17-,24-22-. The monoisotopic (exact) mass is 755 g/mol. The Hall–Kier alpha value is -2.56. The average molecular weight is 756 g/mol. The van der Waals surface area contributed by atoms with Crippen LogP contribution in [0.5, 0.6) is 0 Å². The fourth-order valence-electron chi connectivity index (χ4n) is 5.07. The Morgan fingerprint density at radius 2 is 1.12 bits per heavy atom. The first-order valence-corrected chi connectivity index (χ1v) is 21.2. The van der Waals surface area contributed by atoms with E-state index in [-0.39, 0.29) is 12.8 Å². The summed E-state index contributed by atoms with van der Waals surface area (Å²) in [5.41, 5.74) is 0. The van der Waals surface area contributed by atoms with Crippen LogP contribution in [0.4, 0.5) is 0 Å². The van der Waals surface area contributed by atoms with Crippen molar-refractivity contribution in [2.24, 2.45) is 0 Å². The molecule has 1 amide bonds. The van der Waals surface area contributed by atoms with Gasteiger partial charge in [0.25, 0.3) is 0 Å². The number of carbonyl (C=O) groups is 3. The third-order valence-corrected chi connectivity index (χ3v) is 9.08. The van der Waals surface area contributed by atoms with Crippen LogP contribution >= 0.6 is 7.82 Å². The fraction of sp³-hybridized carbons (Fsp3) is 0.725. The number of hydrogen-bond acceptors (Lipinski definition) is 8. The molecular weight excluding hydrogens is 685 g/mol. The second-order valence-corrected chi connectivity index (χ2v) is 14.5. The molecule has 0 fully saturated rings. The molecule has 0 aliphatic rings. The van der Waals surface area contributed by atoms with E-state index >= 15 is 0 Å². The number of carbonyl (C=O) groups excluding carboxylic acids is 2. The normalized spacial score (nSPS) is 14.4. The lowest BCUT2D eigenvalue weighted by Gasteiger charge is -2.18. The number of carboxylic acid groups (broad SMARTS) is 1. The Bertz CT molecular complexity index is 1070. The van der Waals surface area contributed by atoms with Gasteiger partial charge in [0.1, 0.15) is 12.7 Å². The molecule has 0 aromatic rings. The average Bonchev–Trinajstić information content (AvgIpc) is 3.11. The molecule has 0 aromatic heterocycles. The highest BCUT2D eigenvalue weighted by Gasteiger charge is 2.28. The number of allylic oxidation sites excluding steroid dienone is 8. The van der Waals surface area contributed by atoms with E-state index in [4.69, 9.17) is 13.8 Å². The van der Waals surface area contributed by atoms with Crippen molar-refractivity contribution in [2.75, 3.05) is 19.8 Å². The lowest BCUT2D eigenvalue weighted by Crippen LogP contribution is -2.43. The first-order valence-electron chi connectivity index (χ1n) is 19.7. The number of aliphatic carboxylic acids is 1. The Morgan fingerprint density at radius 3 is 1.65 bits per heavy atom. The predicted molar refractivity (Wildman–Crippen MR) is 208 cm³/mol. The van der Waals surface area contributed by atoms with Crippen LogP contribution in [0.1, 0.15) is 155 Å². The highest BCUT2D eigenvalue weighted by atomic mass is 31.2. The summed E-state index contributed by atoms with van der Waals surface area (Å²) in [6.45, 7) is 2.41. The lowest BCUT2D eigenvalue weighted by atomic mass is 10.0. The number of phosphoric acid groups is 1. The second-order valence-electron chi connectivity index (χ2n) is 13.1. The van der Waals surface area contributed by atoms with Crippen molar-refractivity contribution in [2.45, 2.75) is 167 Å². The summed E-state index contributed by atoms with van der Waals surface area (Å²) < 4.78 is 26.7. The van der Waals surface area contributed by atoms with Gasteiger partial charge < -0.3 is 25.2 Å². The van der Waals surface area contributed by atoms with Crippen LogP contribution in [0.2, 0.25) is 0 Å². The molecule has 4 N–H and O–H groups in total. The van der Waals surface area contributed by atoms with Crippen LogP contribution < -0.4 is 5.32 Å². The summed E-state index contributed by atoms with van der Waals surface area (Å²) in [6, 6.07) is -1.55. The number of amides is 1. The number of rotatable bonds is 36. The van der Waals surface area contributed by atoms with Crippen LogP contribution in [0.15, 0.2) is 48.6 Å². The third-order valence-electron chi connectivity index (χ3n) is 8.13. The van der Waals surface area contributed by atoms with Crippen LogP contribution in [-0.4, -0.2) is 64.9 Å². The van der Waals surface area contributed by atoms with E-state index in [1.807, 2.05) is 0 Å². The van der Waals surface area contributed by atoms with Gasteiger partial charge in [0.15, 0.2) is 6.04 Å². The SMILES string of the molecule is CC/C=C\C/C=C\C/C=C\C/C=C\CCCCC(=O)OCC(O)COP(=O)(O)OCC(NC(=O)CCCCCCCCCCCCCCC)C(=O)O. The molecule has 0 aliphatic heterocycles. The lowest BCUT2D eigenvalue weighted by molar-refractivity contribution is -0.147. The molecule has 0 saturated carbocycles. The first-order chi connectivity index (χ1) is 25.1. The number of esters is 1. The summed E-state index contributed by atoms with van der Waals surface area (Å²) in [6.07, 6.45) is 37.1. The van der Waals surface area contributed by atoms with Gasteiger partial charge in [-0.2, -0.15) is 0 Å². The largest absolute Gasteiger partial charge is 0.480 e. The highest BCUT2D eigenvalue weighted by Crippen LogP contribution is 2.43. The van der Waals surface area contributed by atoms with E-state index in [1.54, 1.807) is 0 Å². The summed E-state index contributed by atoms with van der Waals surface area (Å²) in [5, 5.41) is 21.7. The summed E-state index contributed by atoms with van der Waals surface area (Å²) in [7, 11) is -4.76. The zero-order valence-electron chi connectivity index (χ0n) is 32.1. The number of ether oxygens (including phenoxy) is 1. The molecule has 11 nitrogen and oxygen atoms in total. The molecule has 0 rings (SSSR count). The highest BCUT2D eigenvalue weighted by molar-refractivity contribution is 7.47. The van der Waals surface area contributed by atoms with Crippen molar-refractivity contribution in [3.63, 3.8) is 0 Å². The van der Waals surface area contributed by atoms with Gasteiger partial charge in [0.05, 0.1) is 13.2 Å². The van der Waals surface area contributed by atoms with Crippen LogP contribution in [0, 0.1) is 0 Å². The van der Waals surface area contributed by atoms with E-state index in [1.165, 1.54) is 57.8 Å². The maximum Gasteiger partial charge on any atom is 0.472 e. The summed E-state index contributed by atoms with van der Waals surface area (Å²) in [5.74, 6) is -2.42. The van der Waals surface area contributed by atoms with Crippen molar-refractivity contribution >= 4 is 25.7 Å². The predicted octanol–water partition coefficient (Wildman–Crippen LogP) is 9.44. The number of carboxylic acids is 1. The van der Waals surface area contributed by atoms with Crippen LogP contribution in [0.25, 0.3) is 0 Å². The molecule has 0 heterocycles. The van der Waals surface area contributed by atoms with E-state index in [0.717, 1.165) is 57.8 Å². The quantitative estimate of drug-likeness (QED) is 0.0209. The van der Waals surface area contributed by atoms with Crippen molar-refractivity contribution in [1.82, 2.24) is 5.32 Å². The van der Waals surface area contributed by atoms with E-state index < -0.39 is 57.6 Å². The molecule has 12 heteroatoms. The number of phosphoric ester groups is 1. The van der Waals surface area contributed by atoms with Crippen molar-refractivity contribution in [3.05, 3.63) is 48.6 Å². The van der Waals surface area contributed by atoms with Gasteiger partial charge in [-0.3, -0.25) is 18.6 Å². The van der Waals surface area contributed by atoms with Gasteiger partial charge in [-0.05, 0) is 51.4 Å². The van der Waals surface area contributed by atoms with Gasteiger partial charge in [0.2, 0.25) is 5.91 Å². The van der Waals surface area contributed by atoms with E-state index in [2.05, 4.69) is 67.8 Å². The molecule has 0 aliphatic carbocycles. The maximum absolute atomic E-state index is 12.3. The Labute approximate surface area is 314 Å².